The van der Waals surface area contributed by atoms with Gasteiger partial charge in [-0.3, -0.25) is 0 Å². The van der Waals surface area contributed by atoms with Crippen molar-refractivity contribution < 1.29 is 17.9 Å². The molecule has 0 amide bonds. The number of nitrogens with zero attached hydrogens (tertiary/aromatic N) is 1. The quantitative estimate of drug-likeness (QED) is 0.583. The van der Waals surface area contributed by atoms with Gasteiger partial charge in [0.1, 0.15) is 11.3 Å². The van der Waals surface area contributed by atoms with Gasteiger partial charge in [0.15, 0.2) is 0 Å². The summed E-state index contributed by atoms with van der Waals surface area (Å²) in [6.07, 6.45) is -2.96. The van der Waals surface area contributed by atoms with Crippen molar-refractivity contribution in [2.24, 2.45) is 0 Å². The van der Waals surface area contributed by atoms with E-state index in [4.69, 9.17) is 11.6 Å². The number of hydrogen-bond donors (Lipinski definition) is 0. The fraction of sp³-hybridized carbons (Fsp3) is 0.375. The van der Waals surface area contributed by atoms with Crippen LogP contribution in [-0.2, 0) is 5.88 Å². The lowest BCUT2D eigenvalue weighted by Gasteiger charge is -2.09. The number of halogens is 4. The second-order valence-electron chi connectivity index (χ2n) is 2.45. The normalized spacial score (nSPS) is 10.7. The monoisotopic (exact) mass is 225 g/mol. The third kappa shape index (κ3) is 2.09. The van der Waals surface area contributed by atoms with E-state index in [9.17, 15) is 13.2 Å². The first-order chi connectivity index (χ1) is 6.60. The molecule has 0 aromatic carbocycles. The molecule has 0 saturated heterocycles. The maximum absolute atomic E-state index is 13.0. The molecule has 0 fully saturated rings. The van der Waals surface area contributed by atoms with Crippen LogP contribution in [0.4, 0.5) is 13.2 Å². The smallest absolute Gasteiger partial charge is 0.271 e. The Morgan fingerprint density at radius 1 is 1.57 bits per heavy atom. The summed E-state index contributed by atoms with van der Waals surface area (Å²) in [7, 11) is 1.18. The van der Waals surface area contributed by atoms with Gasteiger partial charge >= 0.3 is 0 Å². The summed E-state index contributed by atoms with van der Waals surface area (Å²) in [6, 6.07) is 1.19. The first-order valence-corrected chi connectivity index (χ1v) is 4.21. The average molecular weight is 226 g/mol. The standard InChI is InChI=1S/C8H7ClF3NO/c1-14-5-2-4(3-9)13-8(12)6(5)7(10)11/h2,7H,3H2,1H3. The van der Waals surface area contributed by atoms with Crippen molar-refractivity contribution in [2.45, 2.75) is 12.3 Å². The summed E-state index contributed by atoms with van der Waals surface area (Å²) in [6.45, 7) is 0. The summed E-state index contributed by atoms with van der Waals surface area (Å²) in [5, 5.41) is 0. The third-order valence-electron chi connectivity index (χ3n) is 1.60. The summed E-state index contributed by atoms with van der Waals surface area (Å²) in [5.41, 5.74) is -0.674. The zero-order valence-electron chi connectivity index (χ0n) is 7.23. The molecule has 0 aliphatic rings. The molecular formula is C8H7ClF3NO. The van der Waals surface area contributed by atoms with E-state index in [1.165, 1.54) is 13.2 Å². The van der Waals surface area contributed by atoms with Crippen molar-refractivity contribution in [3.8, 4) is 5.75 Å². The molecule has 0 N–H and O–H groups in total. The Morgan fingerprint density at radius 3 is 2.64 bits per heavy atom. The molecule has 0 aliphatic carbocycles. The Balaban J connectivity index is 3.27. The van der Waals surface area contributed by atoms with E-state index in [1.807, 2.05) is 0 Å². The topological polar surface area (TPSA) is 22.1 Å². The molecule has 0 bridgehead atoms. The molecule has 1 heterocycles. The van der Waals surface area contributed by atoms with Gasteiger partial charge in [-0.15, -0.1) is 11.6 Å². The lowest BCUT2D eigenvalue weighted by Crippen LogP contribution is -2.02. The molecule has 6 heteroatoms. The maximum Gasteiger partial charge on any atom is 0.271 e. The van der Waals surface area contributed by atoms with E-state index >= 15 is 0 Å². The van der Waals surface area contributed by atoms with Crippen LogP contribution in [0.1, 0.15) is 17.7 Å². The summed E-state index contributed by atoms with van der Waals surface area (Å²) in [5.74, 6) is -1.53. The second-order valence-corrected chi connectivity index (χ2v) is 2.72. The minimum Gasteiger partial charge on any atom is -0.496 e. The lowest BCUT2D eigenvalue weighted by atomic mass is 10.2. The highest BCUT2D eigenvalue weighted by molar-refractivity contribution is 6.16. The first-order valence-electron chi connectivity index (χ1n) is 3.67. The van der Waals surface area contributed by atoms with Crippen molar-refractivity contribution in [2.75, 3.05) is 7.11 Å². The zero-order chi connectivity index (χ0) is 10.7. The first kappa shape index (κ1) is 11.1. The second kappa shape index (κ2) is 4.50. The number of ether oxygens (including phenoxy) is 1. The van der Waals surface area contributed by atoms with E-state index in [-0.39, 0.29) is 17.3 Å². The number of hydrogen-bond acceptors (Lipinski definition) is 2. The van der Waals surface area contributed by atoms with Gasteiger partial charge in [-0.05, 0) is 0 Å². The minimum atomic E-state index is -2.96. The minimum absolute atomic E-state index is 0.0587. The van der Waals surface area contributed by atoms with Crippen molar-refractivity contribution >= 4 is 11.6 Å². The molecule has 78 valence electrons. The fourth-order valence-electron chi connectivity index (χ4n) is 0.984. The van der Waals surface area contributed by atoms with Crippen LogP contribution in [0.5, 0.6) is 5.75 Å². The van der Waals surface area contributed by atoms with Crippen LogP contribution >= 0.6 is 11.6 Å². The fourth-order valence-corrected chi connectivity index (χ4v) is 1.12. The summed E-state index contributed by atoms with van der Waals surface area (Å²) in [4.78, 5) is 3.26. The molecule has 0 aliphatic heterocycles. The van der Waals surface area contributed by atoms with Crippen LogP contribution in [0.15, 0.2) is 6.07 Å². The van der Waals surface area contributed by atoms with Crippen LogP contribution in [0.3, 0.4) is 0 Å². The van der Waals surface area contributed by atoms with Crippen LogP contribution < -0.4 is 4.74 Å². The Morgan fingerprint density at radius 2 is 2.21 bits per heavy atom. The predicted octanol–water partition coefficient (Wildman–Crippen LogP) is 2.91. The highest BCUT2D eigenvalue weighted by atomic mass is 35.5. The number of aromatic nitrogens is 1. The van der Waals surface area contributed by atoms with Gasteiger partial charge in [-0.1, -0.05) is 0 Å². The van der Waals surface area contributed by atoms with Gasteiger partial charge in [0.25, 0.3) is 6.43 Å². The van der Waals surface area contributed by atoms with Crippen LogP contribution in [0.2, 0.25) is 0 Å². The molecule has 0 atom stereocenters. The highest BCUT2D eigenvalue weighted by Gasteiger charge is 2.21. The molecule has 2 nitrogen and oxygen atoms in total. The Kier molecular flexibility index (Phi) is 3.57. The van der Waals surface area contributed by atoms with Crippen molar-refractivity contribution in [1.82, 2.24) is 4.98 Å². The van der Waals surface area contributed by atoms with Crippen molar-refractivity contribution in [3.63, 3.8) is 0 Å². The molecule has 0 saturated carbocycles. The van der Waals surface area contributed by atoms with Gasteiger partial charge in [0, 0.05) is 6.07 Å². The van der Waals surface area contributed by atoms with Gasteiger partial charge in [0.05, 0.1) is 18.7 Å². The Hall–Kier alpha value is -0.970. The molecular weight excluding hydrogens is 219 g/mol. The Bertz CT molecular complexity index is 333. The molecule has 1 aromatic rings. The SMILES string of the molecule is COc1cc(CCl)nc(F)c1C(F)F. The van der Waals surface area contributed by atoms with Gasteiger partial charge in [-0.2, -0.15) is 4.39 Å². The molecule has 0 unspecified atom stereocenters. The molecule has 0 spiro atoms. The average Bonchev–Trinajstić information content (AvgIpc) is 2.15. The predicted molar refractivity (Wildman–Crippen MR) is 45.3 cm³/mol. The molecule has 14 heavy (non-hydrogen) atoms. The van der Waals surface area contributed by atoms with E-state index < -0.39 is 17.9 Å². The summed E-state index contributed by atoms with van der Waals surface area (Å²) >= 11 is 5.39. The van der Waals surface area contributed by atoms with Crippen molar-refractivity contribution in [3.05, 3.63) is 23.3 Å². The van der Waals surface area contributed by atoms with Crippen molar-refractivity contribution in [1.29, 1.82) is 0 Å². The number of alkyl halides is 3. The van der Waals surface area contributed by atoms with E-state index in [2.05, 4.69) is 9.72 Å². The Labute approximate surface area is 83.7 Å². The van der Waals surface area contributed by atoms with Gasteiger partial charge in [-0.25, -0.2) is 13.8 Å². The van der Waals surface area contributed by atoms with E-state index in [1.54, 1.807) is 0 Å². The zero-order valence-corrected chi connectivity index (χ0v) is 7.99. The van der Waals surface area contributed by atoms with Gasteiger partial charge < -0.3 is 4.74 Å². The number of pyridine rings is 1. The lowest BCUT2D eigenvalue weighted by molar-refractivity contribution is 0.140. The van der Waals surface area contributed by atoms with Crippen LogP contribution in [0.25, 0.3) is 0 Å². The van der Waals surface area contributed by atoms with E-state index in [0.717, 1.165) is 0 Å². The summed E-state index contributed by atoms with van der Waals surface area (Å²) < 4.78 is 42.3. The molecule has 1 aromatic heterocycles. The molecule has 0 radical (unpaired) electrons. The maximum atomic E-state index is 13.0. The number of methoxy groups -OCH3 is 1. The highest BCUT2D eigenvalue weighted by Crippen LogP contribution is 2.31. The number of rotatable bonds is 3. The van der Waals surface area contributed by atoms with E-state index in [0.29, 0.717) is 0 Å². The van der Waals surface area contributed by atoms with Crippen LogP contribution in [-0.4, -0.2) is 12.1 Å². The van der Waals surface area contributed by atoms with Crippen LogP contribution in [0, 0.1) is 5.95 Å². The third-order valence-corrected chi connectivity index (χ3v) is 1.88. The van der Waals surface area contributed by atoms with Gasteiger partial charge in [0.2, 0.25) is 5.95 Å². The molecule has 1 rings (SSSR count). The largest absolute Gasteiger partial charge is 0.496 e.